The predicted molar refractivity (Wildman–Crippen MR) is 127 cm³/mol. The van der Waals surface area contributed by atoms with Gasteiger partial charge in [-0.15, -0.1) is 0 Å². The zero-order valence-electron chi connectivity index (χ0n) is 17.3. The largest absolute Gasteiger partial charge is 0.497 e. The molecule has 0 aliphatic heterocycles. The zero-order chi connectivity index (χ0) is 23.1. The maximum absolute atomic E-state index is 12.5. The van der Waals surface area contributed by atoms with Crippen LogP contribution >= 0.6 is 12.2 Å². The molecular weight excluding hydrogens is 450 g/mol. The third-order valence-corrected chi connectivity index (χ3v) is 5.85. The van der Waals surface area contributed by atoms with Crippen LogP contribution in [-0.4, -0.2) is 33.7 Å². The van der Waals surface area contributed by atoms with Gasteiger partial charge in [0.1, 0.15) is 11.5 Å². The van der Waals surface area contributed by atoms with Crippen LogP contribution in [0.5, 0.6) is 11.5 Å². The lowest BCUT2D eigenvalue weighted by Gasteiger charge is -2.13. The van der Waals surface area contributed by atoms with Gasteiger partial charge in [0.25, 0.3) is 15.9 Å². The van der Waals surface area contributed by atoms with Gasteiger partial charge >= 0.3 is 0 Å². The molecule has 3 aromatic rings. The molecule has 0 atom stereocenters. The first-order valence-corrected chi connectivity index (χ1v) is 11.2. The predicted octanol–water partition coefficient (Wildman–Crippen LogP) is 3.63. The van der Waals surface area contributed by atoms with E-state index < -0.39 is 15.9 Å². The van der Waals surface area contributed by atoms with Gasteiger partial charge < -0.3 is 20.1 Å². The molecule has 0 heterocycles. The van der Waals surface area contributed by atoms with Crippen LogP contribution in [0, 0.1) is 0 Å². The maximum atomic E-state index is 12.5. The first-order chi connectivity index (χ1) is 15.3. The SMILES string of the molecule is COc1cc(NC(=S)Nc2ccc(S(=O)(=O)NC(=O)c3ccccc3)cc2)cc(OC)c1. The van der Waals surface area contributed by atoms with Crippen molar-refractivity contribution in [1.82, 2.24) is 4.72 Å². The van der Waals surface area contributed by atoms with E-state index in [0.29, 0.717) is 22.9 Å². The number of carbonyl (C=O) groups excluding carboxylic acids is 1. The average Bonchev–Trinajstić information content (AvgIpc) is 2.79. The Morgan fingerprint density at radius 1 is 0.812 bits per heavy atom. The minimum absolute atomic E-state index is 0.0521. The fraction of sp³-hybridized carbons (Fsp3) is 0.0909. The molecule has 3 rings (SSSR count). The lowest BCUT2D eigenvalue weighted by atomic mass is 10.2. The number of rotatable bonds is 7. The van der Waals surface area contributed by atoms with Gasteiger partial charge in [0, 0.05) is 35.1 Å². The highest BCUT2D eigenvalue weighted by molar-refractivity contribution is 7.90. The van der Waals surface area contributed by atoms with Gasteiger partial charge in [-0.05, 0) is 48.6 Å². The minimum Gasteiger partial charge on any atom is -0.497 e. The lowest BCUT2D eigenvalue weighted by Crippen LogP contribution is -2.30. The summed E-state index contributed by atoms with van der Waals surface area (Å²) in [6.45, 7) is 0. The lowest BCUT2D eigenvalue weighted by molar-refractivity contribution is 0.0981. The van der Waals surface area contributed by atoms with Crippen molar-refractivity contribution in [2.75, 3.05) is 24.9 Å². The van der Waals surface area contributed by atoms with Crippen molar-refractivity contribution in [3.05, 3.63) is 78.4 Å². The van der Waals surface area contributed by atoms with E-state index in [4.69, 9.17) is 21.7 Å². The Labute approximate surface area is 191 Å². The van der Waals surface area contributed by atoms with Crippen LogP contribution in [0.2, 0.25) is 0 Å². The van der Waals surface area contributed by atoms with Crippen molar-refractivity contribution in [1.29, 1.82) is 0 Å². The molecule has 3 aromatic carbocycles. The molecule has 0 spiro atoms. The van der Waals surface area contributed by atoms with Crippen LogP contribution in [0.3, 0.4) is 0 Å². The Hall–Kier alpha value is -3.63. The van der Waals surface area contributed by atoms with Crippen molar-refractivity contribution in [3.8, 4) is 11.5 Å². The Balaban J connectivity index is 1.65. The van der Waals surface area contributed by atoms with E-state index in [2.05, 4.69) is 15.4 Å². The fourth-order valence-electron chi connectivity index (χ4n) is 2.72. The summed E-state index contributed by atoms with van der Waals surface area (Å²) >= 11 is 5.32. The van der Waals surface area contributed by atoms with E-state index in [9.17, 15) is 13.2 Å². The van der Waals surface area contributed by atoms with Gasteiger partial charge in [-0.2, -0.15) is 0 Å². The number of anilines is 2. The molecule has 10 heteroatoms. The van der Waals surface area contributed by atoms with Gasteiger partial charge in [-0.3, -0.25) is 4.79 Å². The van der Waals surface area contributed by atoms with Crippen LogP contribution in [0.25, 0.3) is 0 Å². The summed E-state index contributed by atoms with van der Waals surface area (Å²) in [5.41, 5.74) is 1.46. The number of amides is 1. The number of hydrogen-bond donors (Lipinski definition) is 3. The highest BCUT2D eigenvalue weighted by Gasteiger charge is 2.18. The third-order valence-electron chi connectivity index (χ3n) is 4.29. The normalized spacial score (nSPS) is 10.7. The molecule has 0 saturated carbocycles. The summed E-state index contributed by atoms with van der Waals surface area (Å²) < 4.78 is 37.5. The number of benzene rings is 3. The Kier molecular flexibility index (Phi) is 7.29. The molecule has 0 unspecified atom stereocenters. The first kappa shape index (κ1) is 23.0. The van der Waals surface area contributed by atoms with E-state index in [0.717, 1.165) is 0 Å². The molecule has 0 aliphatic rings. The standard InChI is InChI=1S/C22H21N3O5S2/c1-29-18-12-17(13-19(14-18)30-2)24-22(31)23-16-8-10-20(11-9-16)32(27,28)25-21(26)15-6-4-3-5-7-15/h3-14H,1-2H3,(H,25,26)(H2,23,24,31). The molecule has 0 bridgehead atoms. The second-order valence-corrected chi connectivity index (χ2v) is 8.60. The summed E-state index contributed by atoms with van der Waals surface area (Å²) in [6.07, 6.45) is 0. The molecular formula is C22H21N3O5S2. The maximum Gasteiger partial charge on any atom is 0.264 e. The second kappa shape index (κ2) is 10.1. The van der Waals surface area contributed by atoms with E-state index in [1.165, 1.54) is 24.3 Å². The van der Waals surface area contributed by atoms with Crippen LogP contribution < -0.4 is 24.8 Å². The molecule has 0 saturated heterocycles. The van der Waals surface area contributed by atoms with E-state index in [1.54, 1.807) is 62.8 Å². The number of carbonyl (C=O) groups is 1. The average molecular weight is 472 g/mol. The van der Waals surface area contributed by atoms with E-state index in [-0.39, 0.29) is 15.6 Å². The second-order valence-electron chi connectivity index (χ2n) is 6.51. The van der Waals surface area contributed by atoms with E-state index in [1.807, 2.05) is 0 Å². The van der Waals surface area contributed by atoms with Crippen LogP contribution in [-0.2, 0) is 10.0 Å². The van der Waals surface area contributed by atoms with Crippen LogP contribution in [0.4, 0.5) is 11.4 Å². The highest BCUT2D eigenvalue weighted by Crippen LogP contribution is 2.26. The molecule has 8 nitrogen and oxygen atoms in total. The number of methoxy groups -OCH3 is 2. The first-order valence-electron chi connectivity index (χ1n) is 9.34. The fourth-order valence-corrected chi connectivity index (χ4v) is 3.93. The van der Waals surface area contributed by atoms with Gasteiger partial charge in [0.15, 0.2) is 5.11 Å². The molecule has 32 heavy (non-hydrogen) atoms. The molecule has 0 fully saturated rings. The number of thiocarbonyl (C=S) groups is 1. The number of nitrogens with one attached hydrogen (secondary N) is 3. The summed E-state index contributed by atoms with van der Waals surface area (Å²) in [5, 5.41) is 6.27. The Morgan fingerprint density at radius 2 is 1.38 bits per heavy atom. The summed E-state index contributed by atoms with van der Waals surface area (Å²) in [6, 6.07) is 19.2. The van der Waals surface area contributed by atoms with Crippen molar-refractivity contribution < 1.29 is 22.7 Å². The van der Waals surface area contributed by atoms with Gasteiger partial charge in [-0.1, -0.05) is 18.2 Å². The number of sulfonamides is 1. The molecule has 0 aliphatic carbocycles. The van der Waals surface area contributed by atoms with Crippen LogP contribution in [0.1, 0.15) is 10.4 Å². The van der Waals surface area contributed by atoms with Gasteiger partial charge in [-0.25, -0.2) is 13.1 Å². The van der Waals surface area contributed by atoms with Crippen molar-refractivity contribution in [2.24, 2.45) is 0 Å². The molecule has 166 valence electrons. The van der Waals surface area contributed by atoms with Crippen molar-refractivity contribution in [2.45, 2.75) is 4.90 Å². The monoisotopic (exact) mass is 471 g/mol. The summed E-state index contributed by atoms with van der Waals surface area (Å²) in [7, 11) is -0.923. The van der Waals surface area contributed by atoms with Crippen molar-refractivity contribution >= 4 is 44.6 Å². The molecule has 0 radical (unpaired) electrons. The molecule has 0 aromatic heterocycles. The highest BCUT2D eigenvalue weighted by atomic mass is 32.2. The Morgan fingerprint density at radius 3 is 1.94 bits per heavy atom. The number of hydrogen-bond acceptors (Lipinski definition) is 6. The van der Waals surface area contributed by atoms with E-state index >= 15 is 0 Å². The zero-order valence-corrected chi connectivity index (χ0v) is 18.9. The minimum atomic E-state index is -4.02. The smallest absolute Gasteiger partial charge is 0.264 e. The third kappa shape index (κ3) is 5.96. The summed E-state index contributed by atoms with van der Waals surface area (Å²) in [5.74, 6) is 0.496. The van der Waals surface area contributed by atoms with Crippen molar-refractivity contribution in [3.63, 3.8) is 0 Å². The van der Waals surface area contributed by atoms with Gasteiger partial charge in [0.05, 0.1) is 19.1 Å². The molecule has 1 amide bonds. The quantitative estimate of drug-likeness (QED) is 0.449. The molecule has 3 N–H and O–H groups in total. The van der Waals surface area contributed by atoms with Crippen LogP contribution in [0.15, 0.2) is 77.7 Å². The number of ether oxygens (including phenoxy) is 2. The summed E-state index contributed by atoms with van der Waals surface area (Å²) in [4.78, 5) is 12.1. The van der Waals surface area contributed by atoms with Gasteiger partial charge in [0.2, 0.25) is 0 Å². The Bertz CT molecular complexity index is 1190. The topological polar surface area (TPSA) is 106 Å².